The number of benzene rings is 2. The summed E-state index contributed by atoms with van der Waals surface area (Å²) in [5.74, 6) is -0.673. The van der Waals surface area contributed by atoms with Gasteiger partial charge in [0.05, 0.1) is 46.2 Å². The molecule has 2 fully saturated rings. The van der Waals surface area contributed by atoms with Gasteiger partial charge >= 0.3 is 18.0 Å². The highest BCUT2D eigenvalue weighted by Crippen LogP contribution is 2.24. The van der Waals surface area contributed by atoms with E-state index in [0.717, 1.165) is 11.1 Å². The molecule has 0 saturated carbocycles. The molecule has 0 spiro atoms. The average Bonchev–Trinajstić information content (AvgIpc) is 3.69. The van der Waals surface area contributed by atoms with Crippen molar-refractivity contribution in [2.45, 2.75) is 63.5 Å². The third-order valence-corrected chi connectivity index (χ3v) is 7.02. The van der Waals surface area contributed by atoms with E-state index in [-0.39, 0.29) is 24.2 Å². The molecule has 1 amide bonds. The van der Waals surface area contributed by atoms with Gasteiger partial charge in [-0.1, -0.05) is 85.0 Å². The third kappa shape index (κ3) is 12.5. The number of ether oxygens (including phenoxy) is 5. The van der Waals surface area contributed by atoms with E-state index < -0.39 is 23.7 Å². The van der Waals surface area contributed by atoms with E-state index in [2.05, 4.69) is 5.32 Å². The fourth-order valence-electron chi connectivity index (χ4n) is 4.83. The van der Waals surface area contributed by atoms with Crippen molar-refractivity contribution in [3.05, 3.63) is 83.9 Å². The van der Waals surface area contributed by atoms with Gasteiger partial charge in [0.1, 0.15) is 17.7 Å². The third-order valence-electron chi connectivity index (χ3n) is 7.02. The Morgan fingerprint density at radius 2 is 1.33 bits per heavy atom. The molecule has 10 nitrogen and oxygen atoms in total. The largest absolute Gasteiger partial charge is 0.468 e. The van der Waals surface area contributed by atoms with E-state index in [9.17, 15) is 14.4 Å². The highest BCUT2D eigenvalue weighted by Gasteiger charge is 2.42. The molecule has 2 aromatic rings. The van der Waals surface area contributed by atoms with Crippen molar-refractivity contribution >= 4 is 30.2 Å². The molecule has 0 radical (unpaired) electrons. The summed E-state index contributed by atoms with van der Waals surface area (Å²) in [6, 6.07) is 19.1. The van der Waals surface area contributed by atoms with Crippen molar-refractivity contribution in [1.82, 2.24) is 10.2 Å². The Hall–Kier alpha value is -3.99. The summed E-state index contributed by atoms with van der Waals surface area (Å²) < 4.78 is 26.4. The lowest BCUT2D eigenvalue weighted by atomic mass is 10.2. The van der Waals surface area contributed by atoms with Gasteiger partial charge in [0.15, 0.2) is 0 Å². The van der Waals surface area contributed by atoms with Gasteiger partial charge < -0.3 is 29.0 Å². The molecule has 10 heteroatoms. The SMILES string of the molecule is COC(=O)[C@@H]1C[C@H](OC/C=C/c2ccccc2)CN1.COC(=O)[C@@H]1C[C@H](OC/C=C/c2ccccc2)CN1C(=O)OC(C)(C)C. The van der Waals surface area contributed by atoms with Crippen LogP contribution in [-0.4, -0.2) is 93.3 Å². The smallest absolute Gasteiger partial charge is 0.411 e. The van der Waals surface area contributed by atoms with Crippen molar-refractivity contribution in [2.24, 2.45) is 0 Å². The molecule has 0 bridgehead atoms. The molecule has 1 N–H and O–H groups in total. The Bertz CT molecular complexity index is 1260. The lowest BCUT2D eigenvalue weighted by molar-refractivity contribution is -0.146. The van der Waals surface area contributed by atoms with Crippen molar-refractivity contribution < 1.29 is 38.1 Å². The molecule has 2 heterocycles. The number of hydrogen-bond acceptors (Lipinski definition) is 9. The van der Waals surface area contributed by atoms with Gasteiger partial charge in [0, 0.05) is 19.4 Å². The van der Waals surface area contributed by atoms with E-state index in [1.807, 2.05) is 85.0 Å². The Labute approximate surface area is 266 Å². The summed E-state index contributed by atoms with van der Waals surface area (Å²) >= 11 is 0. The van der Waals surface area contributed by atoms with Crippen molar-refractivity contribution in [3.8, 4) is 0 Å². The predicted octanol–water partition coefficient (Wildman–Crippen LogP) is 4.89. The highest BCUT2D eigenvalue weighted by molar-refractivity contribution is 5.82. The van der Waals surface area contributed by atoms with E-state index in [1.165, 1.54) is 19.1 Å². The zero-order chi connectivity index (χ0) is 32.7. The Kier molecular flexibility index (Phi) is 14.3. The van der Waals surface area contributed by atoms with Crippen LogP contribution in [-0.2, 0) is 33.3 Å². The summed E-state index contributed by atoms with van der Waals surface area (Å²) in [5.41, 5.74) is 1.61. The number of nitrogens with zero attached hydrogens (tertiary/aromatic N) is 1. The molecule has 4 atom stereocenters. The van der Waals surface area contributed by atoms with Gasteiger partial charge in [-0.15, -0.1) is 0 Å². The molecule has 0 unspecified atom stereocenters. The number of carbonyl (C=O) groups is 3. The number of methoxy groups -OCH3 is 2. The van der Waals surface area contributed by atoms with Crippen LogP contribution in [0.4, 0.5) is 4.79 Å². The number of amides is 1. The molecular weight excluding hydrogens is 576 g/mol. The van der Waals surface area contributed by atoms with Crippen LogP contribution in [0.15, 0.2) is 72.8 Å². The van der Waals surface area contributed by atoms with Gasteiger partial charge in [-0.25, -0.2) is 9.59 Å². The van der Waals surface area contributed by atoms with Gasteiger partial charge in [0.2, 0.25) is 0 Å². The second-order valence-electron chi connectivity index (χ2n) is 11.7. The Morgan fingerprint density at radius 3 is 1.84 bits per heavy atom. The average molecular weight is 623 g/mol. The maximum Gasteiger partial charge on any atom is 0.411 e. The highest BCUT2D eigenvalue weighted by atomic mass is 16.6. The van der Waals surface area contributed by atoms with Crippen LogP contribution in [0.3, 0.4) is 0 Å². The standard InChI is InChI=1S/C20H27NO5.C15H19NO3/c1-20(2,3)26-19(23)21-14-16(13-17(21)18(22)24-4)25-12-8-11-15-9-6-5-7-10-15;1-18-15(17)14-10-13(11-16-14)19-9-5-8-12-6-3-2-4-7-12/h5-11,16-17H,12-14H2,1-4H3;2-8,13-14,16H,9-11H2,1H3/b11-8+;8-5+/t16-,17-;13-,14-/m00/s1. The molecule has 2 saturated heterocycles. The minimum absolute atomic E-state index is 0.0736. The summed E-state index contributed by atoms with van der Waals surface area (Å²) in [6.45, 7) is 7.31. The number of nitrogens with one attached hydrogen (secondary N) is 1. The van der Waals surface area contributed by atoms with Crippen LogP contribution < -0.4 is 5.32 Å². The lowest BCUT2D eigenvalue weighted by Gasteiger charge is -2.27. The van der Waals surface area contributed by atoms with Crippen LogP contribution in [0, 0.1) is 0 Å². The number of hydrogen-bond donors (Lipinski definition) is 1. The topological polar surface area (TPSA) is 113 Å². The first-order valence-corrected chi connectivity index (χ1v) is 15.1. The van der Waals surface area contributed by atoms with Gasteiger partial charge in [-0.2, -0.15) is 0 Å². The van der Waals surface area contributed by atoms with Crippen molar-refractivity contribution in [1.29, 1.82) is 0 Å². The second kappa shape index (κ2) is 18.1. The zero-order valence-corrected chi connectivity index (χ0v) is 26.8. The maximum atomic E-state index is 12.4. The molecule has 2 aromatic carbocycles. The molecule has 4 rings (SSSR count). The minimum atomic E-state index is -0.682. The van der Waals surface area contributed by atoms with Crippen LogP contribution >= 0.6 is 0 Å². The monoisotopic (exact) mass is 622 g/mol. The molecule has 0 aliphatic carbocycles. The van der Waals surface area contributed by atoms with Crippen LogP contribution in [0.1, 0.15) is 44.7 Å². The number of carbonyl (C=O) groups excluding carboxylic acids is 3. The van der Waals surface area contributed by atoms with E-state index in [1.54, 1.807) is 20.8 Å². The summed E-state index contributed by atoms with van der Waals surface area (Å²) in [6.07, 6.45) is 8.27. The van der Waals surface area contributed by atoms with Crippen LogP contribution in [0.5, 0.6) is 0 Å². The number of esters is 2. The van der Waals surface area contributed by atoms with Crippen molar-refractivity contribution in [2.75, 3.05) is 40.5 Å². The Balaban J connectivity index is 0.000000257. The van der Waals surface area contributed by atoms with Gasteiger partial charge in [-0.05, 0) is 31.9 Å². The fraction of sp³-hybridized carbons (Fsp3) is 0.457. The lowest BCUT2D eigenvalue weighted by Crippen LogP contribution is -2.44. The van der Waals surface area contributed by atoms with Crippen LogP contribution in [0.25, 0.3) is 12.2 Å². The van der Waals surface area contributed by atoms with E-state index >= 15 is 0 Å². The fourth-order valence-corrected chi connectivity index (χ4v) is 4.83. The molecule has 0 aromatic heterocycles. The predicted molar refractivity (Wildman–Crippen MR) is 172 cm³/mol. The van der Waals surface area contributed by atoms with Crippen LogP contribution in [0.2, 0.25) is 0 Å². The first-order chi connectivity index (χ1) is 21.6. The first-order valence-electron chi connectivity index (χ1n) is 15.1. The number of rotatable bonds is 10. The molecule has 244 valence electrons. The second-order valence-corrected chi connectivity index (χ2v) is 11.7. The van der Waals surface area contributed by atoms with E-state index in [0.29, 0.717) is 39.1 Å². The summed E-state index contributed by atoms with van der Waals surface area (Å²) in [4.78, 5) is 37.1. The van der Waals surface area contributed by atoms with E-state index in [4.69, 9.17) is 23.7 Å². The quantitative estimate of drug-likeness (QED) is 0.292. The minimum Gasteiger partial charge on any atom is -0.468 e. The summed E-state index contributed by atoms with van der Waals surface area (Å²) in [7, 11) is 2.72. The molecule has 2 aliphatic rings. The Morgan fingerprint density at radius 1 is 0.800 bits per heavy atom. The zero-order valence-electron chi connectivity index (χ0n) is 26.8. The normalized spacial score (nSPS) is 21.4. The summed E-state index contributed by atoms with van der Waals surface area (Å²) in [5, 5.41) is 3.09. The van der Waals surface area contributed by atoms with Crippen molar-refractivity contribution in [3.63, 3.8) is 0 Å². The molecule has 2 aliphatic heterocycles. The molecular formula is C35H46N2O8. The maximum absolute atomic E-state index is 12.4. The van der Waals surface area contributed by atoms with Gasteiger partial charge in [-0.3, -0.25) is 9.69 Å². The molecule has 45 heavy (non-hydrogen) atoms. The number of likely N-dealkylation sites (tertiary alicyclic amines) is 1. The first kappa shape index (κ1) is 35.5. The van der Waals surface area contributed by atoms with Gasteiger partial charge in [0.25, 0.3) is 0 Å².